The molecule has 0 saturated carbocycles. The Balaban J connectivity index is 1.32. The number of fused-ring (bicyclic) bond motifs is 6. The Kier molecular flexibility index (Phi) is 5.43. The fraction of sp³-hybridized carbons (Fsp3) is 0. The van der Waals surface area contributed by atoms with Crippen LogP contribution >= 0.6 is 0 Å². The highest BCUT2D eigenvalue weighted by molar-refractivity contribution is 6.15. The molecule has 0 bridgehead atoms. The van der Waals surface area contributed by atoms with Crippen molar-refractivity contribution < 1.29 is 8.83 Å². The number of benzene rings is 6. The first kappa shape index (κ1) is 24.5. The second-order valence-electron chi connectivity index (χ2n) is 10.8. The number of hydrogen-bond acceptors (Lipinski definition) is 5. The van der Waals surface area contributed by atoms with E-state index in [1.165, 1.54) is 0 Å². The van der Waals surface area contributed by atoms with Gasteiger partial charge in [0.05, 0.1) is 0 Å². The van der Waals surface area contributed by atoms with E-state index in [4.69, 9.17) is 23.8 Å². The maximum atomic E-state index is 6.53. The van der Waals surface area contributed by atoms with Crippen LogP contribution in [0.15, 0.2) is 148 Å². The van der Waals surface area contributed by atoms with Crippen LogP contribution in [0.25, 0.3) is 89.2 Å². The lowest BCUT2D eigenvalue weighted by Gasteiger charge is -2.11. The molecule has 0 unspecified atom stereocenters. The van der Waals surface area contributed by atoms with Gasteiger partial charge in [0.25, 0.3) is 0 Å². The van der Waals surface area contributed by atoms with E-state index in [1.54, 1.807) is 0 Å². The predicted octanol–water partition coefficient (Wildman–Crippen LogP) is 10.3. The minimum absolute atomic E-state index is 0.585. The molecule has 0 aliphatic carbocycles. The molecule has 0 radical (unpaired) electrons. The molecule has 44 heavy (non-hydrogen) atoms. The molecule has 0 amide bonds. The second-order valence-corrected chi connectivity index (χ2v) is 10.8. The van der Waals surface area contributed by atoms with Crippen molar-refractivity contribution in [3.05, 3.63) is 140 Å². The van der Waals surface area contributed by atoms with Crippen molar-refractivity contribution in [1.82, 2.24) is 15.0 Å². The van der Waals surface area contributed by atoms with Gasteiger partial charge in [-0.05, 0) is 48.0 Å². The van der Waals surface area contributed by atoms with Gasteiger partial charge in [-0.1, -0.05) is 97.1 Å². The Morgan fingerprint density at radius 1 is 0.364 bits per heavy atom. The smallest absolute Gasteiger partial charge is 0.164 e. The quantitative estimate of drug-likeness (QED) is 0.212. The molecular formula is C39H23N3O2. The van der Waals surface area contributed by atoms with Crippen LogP contribution in [0, 0.1) is 0 Å². The predicted molar refractivity (Wildman–Crippen MR) is 176 cm³/mol. The van der Waals surface area contributed by atoms with Gasteiger partial charge in [-0.2, -0.15) is 0 Å². The van der Waals surface area contributed by atoms with Crippen LogP contribution in [0.2, 0.25) is 0 Å². The minimum atomic E-state index is 0.585. The van der Waals surface area contributed by atoms with Gasteiger partial charge in [0.1, 0.15) is 22.3 Å². The van der Waals surface area contributed by atoms with Crippen molar-refractivity contribution in [3.63, 3.8) is 0 Å². The van der Waals surface area contributed by atoms with Crippen LogP contribution in [-0.2, 0) is 0 Å². The fourth-order valence-corrected chi connectivity index (χ4v) is 6.07. The maximum Gasteiger partial charge on any atom is 0.164 e. The number of hydrogen-bond donors (Lipinski definition) is 0. The molecule has 0 saturated heterocycles. The Hall–Kier alpha value is -6.07. The fourth-order valence-electron chi connectivity index (χ4n) is 6.07. The summed E-state index contributed by atoms with van der Waals surface area (Å²) < 4.78 is 12.6. The molecule has 9 aromatic rings. The van der Waals surface area contributed by atoms with Crippen LogP contribution in [0.4, 0.5) is 0 Å². The van der Waals surface area contributed by atoms with Crippen molar-refractivity contribution in [2.24, 2.45) is 0 Å². The lowest BCUT2D eigenvalue weighted by atomic mass is 9.98. The molecule has 0 aliphatic heterocycles. The summed E-state index contributed by atoms with van der Waals surface area (Å²) in [7, 11) is 0. The van der Waals surface area contributed by atoms with Gasteiger partial charge in [-0.15, -0.1) is 0 Å². The molecule has 3 heterocycles. The molecule has 0 N–H and O–H groups in total. The van der Waals surface area contributed by atoms with Gasteiger partial charge < -0.3 is 8.83 Å². The van der Waals surface area contributed by atoms with Gasteiger partial charge in [0.2, 0.25) is 0 Å². The Morgan fingerprint density at radius 2 is 0.932 bits per heavy atom. The van der Waals surface area contributed by atoms with E-state index in [1.807, 2.05) is 97.1 Å². The molecule has 206 valence electrons. The normalized spacial score (nSPS) is 11.6. The van der Waals surface area contributed by atoms with Crippen LogP contribution in [0.1, 0.15) is 0 Å². The highest BCUT2D eigenvalue weighted by Crippen LogP contribution is 2.41. The number of aromatic nitrogens is 3. The summed E-state index contributed by atoms with van der Waals surface area (Å²) in [5.74, 6) is 1.78. The number of nitrogens with zero attached hydrogens (tertiary/aromatic N) is 3. The van der Waals surface area contributed by atoms with Crippen molar-refractivity contribution in [3.8, 4) is 45.3 Å². The topological polar surface area (TPSA) is 65.0 Å². The average molecular weight is 566 g/mol. The molecule has 0 atom stereocenters. The van der Waals surface area contributed by atoms with E-state index in [-0.39, 0.29) is 0 Å². The average Bonchev–Trinajstić information content (AvgIpc) is 3.67. The zero-order valence-electron chi connectivity index (χ0n) is 23.4. The zero-order valence-corrected chi connectivity index (χ0v) is 23.4. The molecule has 0 fully saturated rings. The molecule has 3 aromatic heterocycles. The lowest BCUT2D eigenvalue weighted by molar-refractivity contribution is 0.669. The van der Waals surface area contributed by atoms with E-state index in [2.05, 4.69) is 42.5 Å². The van der Waals surface area contributed by atoms with Gasteiger partial charge in [0, 0.05) is 43.8 Å². The highest BCUT2D eigenvalue weighted by atomic mass is 16.3. The lowest BCUT2D eigenvalue weighted by Crippen LogP contribution is -2.00. The van der Waals surface area contributed by atoms with Crippen LogP contribution in [0.3, 0.4) is 0 Å². The summed E-state index contributed by atoms with van der Waals surface area (Å²) in [5.41, 5.74) is 8.12. The molecule has 5 nitrogen and oxygen atoms in total. The first-order chi connectivity index (χ1) is 21.8. The third kappa shape index (κ3) is 3.91. The SMILES string of the molecule is c1ccc(-c2nc(-c3ccc4oc5ccccc5c4c3)nc(-c3ccc(-c4ccccc4)c4oc5ccccc5c34)n2)cc1. The first-order valence-electron chi connectivity index (χ1n) is 14.5. The molecule has 6 aromatic carbocycles. The molecule has 5 heteroatoms. The van der Waals surface area contributed by atoms with Crippen molar-refractivity contribution in [1.29, 1.82) is 0 Å². The summed E-state index contributed by atoms with van der Waals surface area (Å²) in [5, 5.41) is 4.08. The molecular weight excluding hydrogens is 542 g/mol. The van der Waals surface area contributed by atoms with E-state index in [0.29, 0.717) is 17.5 Å². The monoisotopic (exact) mass is 565 g/mol. The van der Waals surface area contributed by atoms with Crippen LogP contribution < -0.4 is 0 Å². The van der Waals surface area contributed by atoms with E-state index >= 15 is 0 Å². The Labute approximate surface area is 252 Å². The molecule has 9 rings (SSSR count). The summed E-state index contributed by atoms with van der Waals surface area (Å²) in [6.07, 6.45) is 0. The van der Waals surface area contributed by atoms with Crippen LogP contribution in [-0.4, -0.2) is 15.0 Å². The summed E-state index contributed by atoms with van der Waals surface area (Å²) in [6.45, 7) is 0. The van der Waals surface area contributed by atoms with Gasteiger partial charge in [0.15, 0.2) is 17.5 Å². The van der Waals surface area contributed by atoms with Gasteiger partial charge in [-0.25, -0.2) is 15.0 Å². The number of furan rings is 2. The highest BCUT2D eigenvalue weighted by Gasteiger charge is 2.21. The third-order valence-electron chi connectivity index (χ3n) is 8.15. The molecule has 0 aliphatic rings. The number of rotatable bonds is 4. The Morgan fingerprint density at radius 3 is 1.70 bits per heavy atom. The zero-order chi connectivity index (χ0) is 29.0. The standard InChI is InChI=1S/C39H23N3O2/c1-3-11-24(12-4-1)27-20-21-30(35-29-16-8-10-18-33(29)44-36(27)35)39-41-37(25-13-5-2-6-14-25)40-38(42-39)26-19-22-34-31(23-26)28-15-7-9-17-32(28)43-34/h1-23H. The van der Waals surface area contributed by atoms with E-state index in [9.17, 15) is 0 Å². The van der Waals surface area contributed by atoms with Gasteiger partial charge >= 0.3 is 0 Å². The first-order valence-corrected chi connectivity index (χ1v) is 14.5. The van der Waals surface area contributed by atoms with Crippen molar-refractivity contribution in [2.75, 3.05) is 0 Å². The largest absolute Gasteiger partial charge is 0.456 e. The van der Waals surface area contributed by atoms with Crippen molar-refractivity contribution >= 4 is 43.9 Å². The third-order valence-corrected chi connectivity index (χ3v) is 8.15. The minimum Gasteiger partial charge on any atom is -0.456 e. The summed E-state index contributed by atoms with van der Waals surface area (Å²) in [4.78, 5) is 15.2. The summed E-state index contributed by atoms with van der Waals surface area (Å²) >= 11 is 0. The second kappa shape index (κ2) is 9.75. The van der Waals surface area contributed by atoms with Gasteiger partial charge in [-0.3, -0.25) is 0 Å². The van der Waals surface area contributed by atoms with E-state index < -0.39 is 0 Å². The Bertz CT molecular complexity index is 2500. The van der Waals surface area contributed by atoms with Crippen molar-refractivity contribution in [2.45, 2.75) is 0 Å². The summed E-state index contributed by atoms with van der Waals surface area (Å²) in [6, 6.07) is 46.9. The molecule has 0 spiro atoms. The van der Waals surface area contributed by atoms with Crippen LogP contribution in [0.5, 0.6) is 0 Å². The van der Waals surface area contributed by atoms with E-state index in [0.717, 1.165) is 71.7 Å². The maximum absolute atomic E-state index is 6.53. The number of para-hydroxylation sites is 2.